The normalized spacial score (nSPS) is 11.3. The van der Waals surface area contributed by atoms with Crippen LogP contribution in [-0.4, -0.2) is 22.0 Å². The maximum atomic E-state index is 13.3. The molecule has 5 nitrogen and oxygen atoms in total. The van der Waals surface area contributed by atoms with Gasteiger partial charge in [-0.1, -0.05) is 0 Å². The van der Waals surface area contributed by atoms with E-state index in [0.29, 0.717) is 16.3 Å². The van der Waals surface area contributed by atoms with Crippen molar-refractivity contribution in [1.82, 2.24) is 15.1 Å². The third kappa shape index (κ3) is 5.24. The second-order valence-electron chi connectivity index (χ2n) is 4.59. The van der Waals surface area contributed by atoms with Crippen molar-refractivity contribution < 1.29 is 26.7 Å². The minimum Gasteiger partial charge on any atom is -0.334 e. The van der Waals surface area contributed by atoms with Gasteiger partial charge in [-0.05, 0) is 12.1 Å². The highest BCUT2D eigenvalue weighted by molar-refractivity contribution is 5.89. The Balaban J connectivity index is 1.87. The van der Waals surface area contributed by atoms with Crippen LogP contribution in [0.1, 0.15) is 5.56 Å². The summed E-state index contributed by atoms with van der Waals surface area (Å²) in [4.78, 5) is 11.6. The number of nitrogens with one attached hydrogen (secondary N) is 2. The van der Waals surface area contributed by atoms with Gasteiger partial charge < -0.3 is 10.6 Å². The number of anilines is 1. The molecule has 23 heavy (non-hydrogen) atoms. The number of urea groups is 1. The Morgan fingerprint density at radius 2 is 2.00 bits per heavy atom. The van der Waals surface area contributed by atoms with Crippen LogP contribution >= 0.6 is 0 Å². The van der Waals surface area contributed by atoms with Crippen molar-refractivity contribution in [2.45, 2.75) is 19.3 Å². The maximum absolute atomic E-state index is 13.3. The van der Waals surface area contributed by atoms with E-state index < -0.39 is 30.4 Å². The van der Waals surface area contributed by atoms with Crippen molar-refractivity contribution in [3.8, 4) is 0 Å². The maximum Gasteiger partial charge on any atom is 0.408 e. The zero-order valence-corrected chi connectivity index (χ0v) is 11.5. The summed E-state index contributed by atoms with van der Waals surface area (Å²) in [5.74, 6) is -1.73. The lowest BCUT2D eigenvalue weighted by atomic mass is 10.3. The van der Waals surface area contributed by atoms with Crippen LogP contribution < -0.4 is 10.6 Å². The third-order valence-electron chi connectivity index (χ3n) is 2.66. The molecule has 0 fully saturated rings. The van der Waals surface area contributed by atoms with Crippen LogP contribution in [0.2, 0.25) is 0 Å². The molecule has 2 aromatic rings. The first-order chi connectivity index (χ1) is 10.7. The van der Waals surface area contributed by atoms with Crippen molar-refractivity contribution in [2.75, 3.05) is 5.32 Å². The molecule has 0 unspecified atom stereocenters. The van der Waals surface area contributed by atoms with E-state index in [9.17, 15) is 26.7 Å². The highest BCUT2D eigenvalue weighted by atomic mass is 19.4. The lowest BCUT2D eigenvalue weighted by Gasteiger charge is -2.07. The van der Waals surface area contributed by atoms with E-state index in [1.54, 1.807) is 0 Å². The first kappa shape index (κ1) is 16.7. The van der Waals surface area contributed by atoms with E-state index in [1.807, 2.05) is 0 Å². The fourth-order valence-corrected chi connectivity index (χ4v) is 1.71. The number of rotatable bonds is 4. The van der Waals surface area contributed by atoms with Crippen LogP contribution in [0.15, 0.2) is 30.6 Å². The summed E-state index contributed by atoms with van der Waals surface area (Å²) in [6.07, 6.45) is -2.09. The highest BCUT2D eigenvalue weighted by Gasteiger charge is 2.28. The molecule has 0 radical (unpaired) electrons. The van der Waals surface area contributed by atoms with E-state index >= 15 is 0 Å². The van der Waals surface area contributed by atoms with Gasteiger partial charge in [-0.2, -0.15) is 18.3 Å². The van der Waals surface area contributed by atoms with Gasteiger partial charge in [-0.15, -0.1) is 0 Å². The van der Waals surface area contributed by atoms with Crippen molar-refractivity contribution in [1.29, 1.82) is 0 Å². The zero-order valence-electron chi connectivity index (χ0n) is 11.5. The fourth-order valence-electron chi connectivity index (χ4n) is 1.71. The topological polar surface area (TPSA) is 59.0 Å². The number of halogens is 5. The summed E-state index contributed by atoms with van der Waals surface area (Å²) in [7, 11) is 0. The van der Waals surface area contributed by atoms with Crippen LogP contribution in [0.4, 0.5) is 32.4 Å². The number of hydrogen-bond donors (Lipinski definition) is 2. The summed E-state index contributed by atoms with van der Waals surface area (Å²) in [6, 6.07) is 1.83. The van der Waals surface area contributed by atoms with Gasteiger partial charge in [-0.25, -0.2) is 13.6 Å². The van der Waals surface area contributed by atoms with Gasteiger partial charge >= 0.3 is 12.2 Å². The molecule has 0 aliphatic carbocycles. The Labute approximate surface area is 127 Å². The van der Waals surface area contributed by atoms with E-state index in [-0.39, 0.29) is 12.2 Å². The van der Waals surface area contributed by atoms with Gasteiger partial charge in [0.25, 0.3) is 0 Å². The fraction of sp³-hybridized carbons (Fsp3) is 0.231. The molecule has 0 bridgehead atoms. The van der Waals surface area contributed by atoms with Crippen LogP contribution in [0.25, 0.3) is 0 Å². The Bertz CT molecular complexity index is 698. The van der Waals surface area contributed by atoms with E-state index in [1.165, 1.54) is 6.20 Å². The van der Waals surface area contributed by atoms with Crippen LogP contribution in [0.5, 0.6) is 0 Å². The van der Waals surface area contributed by atoms with E-state index in [0.717, 1.165) is 18.3 Å². The molecule has 0 saturated heterocycles. The number of alkyl halides is 3. The van der Waals surface area contributed by atoms with E-state index in [4.69, 9.17) is 0 Å². The minimum absolute atomic E-state index is 0.105. The Kier molecular flexibility index (Phi) is 4.82. The average Bonchev–Trinajstić information content (AvgIpc) is 2.85. The molecule has 0 saturated carbocycles. The molecule has 2 N–H and O–H groups in total. The van der Waals surface area contributed by atoms with Gasteiger partial charge in [0.15, 0.2) is 0 Å². The van der Waals surface area contributed by atoms with Crippen LogP contribution in [-0.2, 0) is 13.1 Å². The molecule has 0 spiro atoms. The molecule has 0 aliphatic heterocycles. The van der Waals surface area contributed by atoms with Crippen molar-refractivity contribution >= 4 is 11.7 Å². The molecule has 1 aromatic heterocycles. The first-order valence-corrected chi connectivity index (χ1v) is 6.31. The number of benzene rings is 1. The second-order valence-corrected chi connectivity index (χ2v) is 4.59. The molecule has 1 heterocycles. The van der Waals surface area contributed by atoms with Gasteiger partial charge in [-0.3, -0.25) is 4.68 Å². The highest BCUT2D eigenvalue weighted by Crippen LogP contribution is 2.17. The number of nitrogens with zero attached hydrogens (tertiary/aromatic N) is 2. The third-order valence-corrected chi connectivity index (χ3v) is 2.66. The molecule has 10 heteroatoms. The van der Waals surface area contributed by atoms with Gasteiger partial charge in [0, 0.05) is 24.4 Å². The van der Waals surface area contributed by atoms with Crippen molar-refractivity contribution in [3.63, 3.8) is 0 Å². The molecule has 2 amide bonds. The predicted molar refractivity (Wildman–Crippen MR) is 70.5 cm³/mol. The summed E-state index contributed by atoms with van der Waals surface area (Å²) < 4.78 is 63.2. The molecule has 0 aliphatic rings. The van der Waals surface area contributed by atoms with E-state index in [2.05, 4.69) is 15.7 Å². The summed E-state index contributed by atoms with van der Waals surface area (Å²) in [5.41, 5.74) is 0.112. The number of amides is 2. The summed E-state index contributed by atoms with van der Waals surface area (Å²) >= 11 is 0. The number of hydrogen-bond acceptors (Lipinski definition) is 2. The molecular weight excluding hydrogens is 323 g/mol. The Morgan fingerprint density at radius 3 is 2.65 bits per heavy atom. The van der Waals surface area contributed by atoms with Crippen molar-refractivity contribution in [3.05, 3.63) is 47.8 Å². The molecule has 124 valence electrons. The molecular formula is C13H11F5N4O. The first-order valence-electron chi connectivity index (χ1n) is 6.31. The average molecular weight is 334 g/mol. The second kappa shape index (κ2) is 6.63. The zero-order chi connectivity index (χ0) is 17.0. The predicted octanol–water partition coefficient (Wildman–Crippen LogP) is 3.05. The minimum atomic E-state index is -4.39. The molecule has 1 aromatic carbocycles. The monoisotopic (exact) mass is 334 g/mol. The van der Waals surface area contributed by atoms with Gasteiger partial charge in [0.1, 0.15) is 18.2 Å². The quantitative estimate of drug-likeness (QED) is 0.845. The number of aromatic nitrogens is 2. The smallest absolute Gasteiger partial charge is 0.334 e. The Morgan fingerprint density at radius 1 is 1.26 bits per heavy atom. The largest absolute Gasteiger partial charge is 0.408 e. The van der Waals surface area contributed by atoms with Crippen molar-refractivity contribution in [2.24, 2.45) is 0 Å². The summed E-state index contributed by atoms with van der Waals surface area (Å²) in [5, 5.41) is 7.98. The lowest BCUT2D eigenvalue weighted by Crippen LogP contribution is -2.28. The van der Waals surface area contributed by atoms with Crippen LogP contribution in [0.3, 0.4) is 0 Å². The molecule has 0 atom stereocenters. The van der Waals surface area contributed by atoms with Gasteiger partial charge in [0.2, 0.25) is 0 Å². The summed E-state index contributed by atoms with van der Waals surface area (Å²) in [6.45, 7) is -1.34. The standard InChI is InChI=1S/C13H11F5N4O/c14-9-1-2-11(10(15)3-9)21-12(23)19-4-8-5-20-22(6-8)7-13(16,17)18/h1-3,5-6H,4,7H2,(H2,19,21,23). The SMILES string of the molecule is O=C(NCc1cnn(CC(F)(F)F)c1)Nc1ccc(F)cc1F. The van der Waals surface area contributed by atoms with Crippen LogP contribution in [0, 0.1) is 11.6 Å². The lowest BCUT2D eigenvalue weighted by molar-refractivity contribution is -0.142. The Hall–Kier alpha value is -2.65. The molecule has 2 rings (SSSR count). The number of carbonyl (C=O) groups excluding carboxylic acids is 1. The number of carbonyl (C=O) groups is 1. The van der Waals surface area contributed by atoms with Gasteiger partial charge in [0.05, 0.1) is 11.9 Å².